The van der Waals surface area contributed by atoms with Crippen LogP contribution in [0.4, 0.5) is 12.9 Å². The van der Waals surface area contributed by atoms with Crippen molar-refractivity contribution in [2.45, 2.75) is 6.42 Å². The van der Waals surface area contributed by atoms with Gasteiger partial charge < -0.3 is 12.9 Å². The summed E-state index contributed by atoms with van der Waals surface area (Å²) in [7, 11) is 0. The fourth-order valence-electron chi connectivity index (χ4n) is 0.839. The average molecular weight is 206 g/mol. The molecule has 1 rings (SSSR count). The summed E-state index contributed by atoms with van der Waals surface area (Å²) >= 11 is 1.55. The summed E-state index contributed by atoms with van der Waals surface area (Å²) in [6.45, 7) is -4.68. The zero-order chi connectivity index (χ0) is 7.61. The van der Waals surface area contributed by atoms with Crippen LogP contribution < -0.4 is 51.4 Å². The second-order valence-corrected chi connectivity index (χ2v) is 3.33. The molecule has 0 unspecified atom stereocenters. The maximum atomic E-state index is 11.9. The first kappa shape index (κ1) is 12.6. The van der Waals surface area contributed by atoms with E-state index in [0.29, 0.717) is 11.5 Å². The number of hydrogen-bond donors (Lipinski definition) is 0. The van der Waals surface area contributed by atoms with Crippen molar-refractivity contribution in [1.82, 2.24) is 0 Å². The largest absolute Gasteiger partial charge is 1.00 e. The van der Waals surface area contributed by atoms with Gasteiger partial charge in [-0.05, 0) is 5.75 Å². The third kappa shape index (κ3) is 4.38. The summed E-state index contributed by atoms with van der Waals surface area (Å²) < 4.78 is 35.8. The molecule has 0 saturated heterocycles. The molecule has 0 N–H and O–H groups in total. The Hall–Kier alpha value is 1.58. The van der Waals surface area contributed by atoms with Gasteiger partial charge in [0, 0.05) is 5.75 Å². The molecular weight excluding hydrogens is 199 g/mol. The number of hydrogen-bond acceptors (Lipinski definition) is 1. The van der Waals surface area contributed by atoms with E-state index in [1.54, 1.807) is 11.8 Å². The van der Waals surface area contributed by atoms with Gasteiger partial charge in [0.2, 0.25) is 0 Å². The van der Waals surface area contributed by atoms with Gasteiger partial charge in [0.25, 0.3) is 0 Å². The Labute approximate surface area is 111 Å². The number of thioether (sulfide) groups is 1. The van der Waals surface area contributed by atoms with Crippen LogP contribution in [0, 0.1) is 0 Å². The fourth-order valence-corrected chi connectivity index (χ4v) is 1.72. The first-order valence-electron chi connectivity index (χ1n) is 3.07. The SMILES string of the molecule is F[B-](F)(F)C1=CCSCC1.[K+]. The van der Waals surface area contributed by atoms with E-state index in [4.69, 9.17) is 0 Å². The zero-order valence-corrected chi connectivity index (χ0v) is 10.3. The minimum atomic E-state index is -4.68. The molecule has 0 amide bonds. The first-order valence-corrected chi connectivity index (χ1v) is 4.23. The van der Waals surface area contributed by atoms with E-state index in [9.17, 15) is 12.9 Å². The molecule has 1 aliphatic rings. The molecule has 0 bridgehead atoms. The van der Waals surface area contributed by atoms with Crippen LogP contribution >= 0.6 is 11.8 Å². The summed E-state index contributed by atoms with van der Waals surface area (Å²) in [5.41, 5.74) is -0.293. The van der Waals surface area contributed by atoms with E-state index in [1.165, 1.54) is 6.08 Å². The average Bonchev–Trinajstić information content (AvgIpc) is 1.88. The normalized spacial score (nSPS) is 18.6. The summed E-state index contributed by atoms with van der Waals surface area (Å²) in [6.07, 6.45) is 1.50. The molecule has 58 valence electrons. The monoisotopic (exact) mass is 206 g/mol. The smallest absolute Gasteiger partial charge is 0.445 e. The van der Waals surface area contributed by atoms with Crippen LogP contribution in [0.5, 0.6) is 0 Å². The molecule has 1 aliphatic heterocycles. The van der Waals surface area contributed by atoms with Gasteiger partial charge in [-0.2, -0.15) is 11.8 Å². The Morgan fingerprint density at radius 2 is 2.00 bits per heavy atom. The second kappa shape index (κ2) is 5.34. The molecule has 0 aromatic heterocycles. The van der Waals surface area contributed by atoms with Crippen molar-refractivity contribution >= 4 is 18.7 Å². The van der Waals surface area contributed by atoms with E-state index in [0.717, 1.165) is 0 Å². The molecule has 0 radical (unpaired) electrons. The summed E-state index contributed by atoms with van der Waals surface area (Å²) in [6, 6.07) is 0. The number of allylic oxidation sites excluding steroid dienone is 1. The van der Waals surface area contributed by atoms with Gasteiger partial charge in [-0.3, -0.25) is 0 Å². The van der Waals surface area contributed by atoms with Crippen molar-refractivity contribution in [2.24, 2.45) is 0 Å². The van der Waals surface area contributed by atoms with Gasteiger partial charge in [0.05, 0.1) is 0 Å². The van der Waals surface area contributed by atoms with Gasteiger partial charge in [0.15, 0.2) is 0 Å². The van der Waals surface area contributed by atoms with E-state index >= 15 is 0 Å². The van der Waals surface area contributed by atoms with Crippen molar-refractivity contribution in [3.05, 3.63) is 11.5 Å². The number of halogens is 3. The Kier molecular flexibility index (Phi) is 6.11. The number of rotatable bonds is 1. The molecule has 0 saturated carbocycles. The zero-order valence-electron chi connectivity index (χ0n) is 6.32. The molecule has 1 heterocycles. The maximum absolute atomic E-state index is 11.9. The predicted octanol–water partition coefficient (Wildman–Crippen LogP) is -0.560. The standard InChI is InChI=1S/C5H7BF3S.K/c7-6(8,9)5-1-3-10-4-2-5;/h1H,2-4H2;/q-1;+1. The topological polar surface area (TPSA) is 0 Å². The molecule has 0 nitrogen and oxygen atoms in total. The molecule has 0 aliphatic carbocycles. The summed E-state index contributed by atoms with van der Waals surface area (Å²) in [5, 5.41) is 0. The van der Waals surface area contributed by atoms with Crippen molar-refractivity contribution < 1.29 is 64.3 Å². The van der Waals surface area contributed by atoms with Crippen molar-refractivity contribution in [1.29, 1.82) is 0 Å². The van der Waals surface area contributed by atoms with Crippen LogP contribution in [0.2, 0.25) is 0 Å². The minimum absolute atomic E-state index is 0. The van der Waals surface area contributed by atoms with Gasteiger partial charge >= 0.3 is 58.4 Å². The van der Waals surface area contributed by atoms with Crippen LogP contribution in [0.15, 0.2) is 11.5 Å². The Morgan fingerprint density at radius 3 is 2.27 bits per heavy atom. The molecule has 6 heteroatoms. The van der Waals surface area contributed by atoms with Crippen LogP contribution in [-0.2, 0) is 0 Å². The van der Waals surface area contributed by atoms with Gasteiger partial charge in [0.1, 0.15) is 0 Å². The van der Waals surface area contributed by atoms with E-state index < -0.39 is 6.98 Å². The predicted molar refractivity (Wildman–Crippen MR) is 39.1 cm³/mol. The van der Waals surface area contributed by atoms with E-state index in [-0.39, 0.29) is 63.3 Å². The molecule has 0 spiro atoms. The molecule has 11 heavy (non-hydrogen) atoms. The third-order valence-corrected chi connectivity index (χ3v) is 2.31. The van der Waals surface area contributed by atoms with Crippen molar-refractivity contribution in [3.63, 3.8) is 0 Å². The van der Waals surface area contributed by atoms with Crippen molar-refractivity contribution in [3.8, 4) is 0 Å². The maximum Gasteiger partial charge on any atom is 1.00 e. The third-order valence-electron chi connectivity index (χ3n) is 1.42. The van der Waals surface area contributed by atoms with Gasteiger partial charge in [-0.15, -0.1) is 11.5 Å². The van der Waals surface area contributed by atoms with E-state index in [1.807, 2.05) is 0 Å². The van der Waals surface area contributed by atoms with E-state index in [2.05, 4.69) is 0 Å². The first-order chi connectivity index (χ1) is 4.61. The molecule has 0 aromatic rings. The van der Waals surface area contributed by atoms with Gasteiger partial charge in [-0.25, -0.2) is 0 Å². The minimum Gasteiger partial charge on any atom is -0.445 e. The summed E-state index contributed by atoms with van der Waals surface area (Å²) in [5.74, 6) is 1.14. The van der Waals surface area contributed by atoms with Crippen LogP contribution in [0.25, 0.3) is 0 Å². The Balaban J connectivity index is 0.000001000. The summed E-state index contributed by atoms with van der Waals surface area (Å²) in [4.78, 5) is 0. The molecule has 0 fully saturated rings. The molecule has 0 aromatic carbocycles. The van der Waals surface area contributed by atoms with Crippen LogP contribution in [0.3, 0.4) is 0 Å². The Morgan fingerprint density at radius 1 is 1.36 bits per heavy atom. The molecule has 0 atom stereocenters. The second-order valence-electron chi connectivity index (χ2n) is 2.18. The van der Waals surface area contributed by atoms with Crippen molar-refractivity contribution in [2.75, 3.05) is 11.5 Å². The van der Waals surface area contributed by atoms with Crippen LogP contribution in [-0.4, -0.2) is 18.5 Å². The Bertz CT molecular complexity index is 156. The molecular formula is C5H7BF3KS. The fraction of sp³-hybridized carbons (Fsp3) is 0.600. The quantitative estimate of drug-likeness (QED) is 0.518. The van der Waals surface area contributed by atoms with Crippen LogP contribution in [0.1, 0.15) is 6.42 Å². The van der Waals surface area contributed by atoms with Gasteiger partial charge in [-0.1, -0.05) is 6.42 Å².